The molecule has 1 aromatic heterocycles. The lowest BCUT2D eigenvalue weighted by molar-refractivity contribution is 0.128. The van der Waals surface area contributed by atoms with Gasteiger partial charge in [-0.25, -0.2) is 0 Å². The quantitative estimate of drug-likeness (QED) is 0.790. The number of hydrogen-bond donors (Lipinski definition) is 1. The zero-order valence-electron chi connectivity index (χ0n) is 13.3. The second kappa shape index (κ2) is 8.30. The van der Waals surface area contributed by atoms with Crippen LogP contribution in [0.1, 0.15) is 56.7 Å². The highest BCUT2D eigenvalue weighted by Gasteiger charge is 2.22. The Morgan fingerprint density at radius 3 is 2.62 bits per heavy atom. The number of aliphatic hydroxyl groups excluding tert-OH is 1. The molecule has 4 nitrogen and oxygen atoms in total. The molecule has 1 saturated carbocycles. The van der Waals surface area contributed by atoms with Crippen LogP contribution in [0.4, 0.5) is 0 Å². The van der Waals surface area contributed by atoms with Crippen molar-refractivity contribution in [3.63, 3.8) is 0 Å². The van der Waals surface area contributed by atoms with Gasteiger partial charge in [0.2, 0.25) is 0 Å². The van der Waals surface area contributed by atoms with Gasteiger partial charge in [0, 0.05) is 6.54 Å². The lowest BCUT2D eigenvalue weighted by Gasteiger charge is -2.20. The Balaban J connectivity index is 2.00. The Hall–Kier alpha value is -0.390. The summed E-state index contributed by atoms with van der Waals surface area (Å²) >= 11 is 3.55. The topological polar surface area (TPSA) is 41.3 Å². The lowest BCUT2D eigenvalue weighted by atomic mass is 9.92. The Bertz CT molecular complexity index is 425. The maximum Gasteiger partial charge on any atom is 0.0970 e. The Morgan fingerprint density at radius 2 is 2.00 bits per heavy atom. The SMILES string of the molecule is CN(C)CCn1ncc(Br)c1C(O)CC1CCCCCC1. The predicted octanol–water partition coefficient (Wildman–Crippen LogP) is 3.60. The molecule has 2 rings (SSSR count). The van der Waals surface area contributed by atoms with Crippen LogP contribution in [-0.2, 0) is 6.54 Å². The maximum atomic E-state index is 10.7. The molecule has 1 aromatic rings. The van der Waals surface area contributed by atoms with Crippen LogP contribution in [0.3, 0.4) is 0 Å². The summed E-state index contributed by atoms with van der Waals surface area (Å²) in [5.41, 5.74) is 0.945. The lowest BCUT2D eigenvalue weighted by Crippen LogP contribution is -2.21. The summed E-state index contributed by atoms with van der Waals surface area (Å²) in [6.07, 6.45) is 10.1. The first-order valence-electron chi connectivity index (χ1n) is 8.12. The van der Waals surface area contributed by atoms with E-state index in [4.69, 9.17) is 0 Å². The van der Waals surface area contributed by atoms with E-state index < -0.39 is 6.10 Å². The molecule has 1 unspecified atom stereocenters. The number of aliphatic hydroxyl groups is 1. The van der Waals surface area contributed by atoms with E-state index in [0.29, 0.717) is 5.92 Å². The highest BCUT2D eigenvalue weighted by Crippen LogP contribution is 2.33. The van der Waals surface area contributed by atoms with Crippen molar-refractivity contribution in [2.24, 2.45) is 5.92 Å². The van der Waals surface area contributed by atoms with E-state index in [1.165, 1.54) is 38.5 Å². The van der Waals surface area contributed by atoms with Crippen molar-refractivity contribution in [1.82, 2.24) is 14.7 Å². The van der Waals surface area contributed by atoms with Crippen LogP contribution >= 0.6 is 15.9 Å². The fraction of sp³-hybridized carbons (Fsp3) is 0.812. The largest absolute Gasteiger partial charge is 0.387 e. The second-order valence-corrected chi connectivity index (χ2v) is 7.37. The molecule has 1 aliphatic carbocycles. The van der Waals surface area contributed by atoms with Crippen molar-refractivity contribution in [1.29, 1.82) is 0 Å². The highest BCUT2D eigenvalue weighted by atomic mass is 79.9. The summed E-state index contributed by atoms with van der Waals surface area (Å²) in [7, 11) is 4.11. The van der Waals surface area contributed by atoms with E-state index in [1.807, 2.05) is 4.68 Å². The third kappa shape index (κ3) is 5.08. The van der Waals surface area contributed by atoms with E-state index in [2.05, 4.69) is 40.0 Å². The summed E-state index contributed by atoms with van der Waals surface area (Å²) in [6, 6.07) is 0. The standard InChI is InChI=1S/C16H28BrN3O/c1-19(2)9-10-20-16(14(17)12-18-20)15(21)11-13-7-5-3-4-6-8-13/h12-13,15,21H,3-11H2,1-2H3. The Kier molecular flexibility index (Phi) is 6.71. The van der Waals surface area contributed by atoms with Crippen LogP contribution in [0.25, 0.3) is 0 Å². The molecule has 1 N–H and O–H groups in total. The first-order valence-corrected chi connectivity index (χ1v) is 8.91. The molecule has 21 heavy (non-hydrogen) atoms. The summed E-state index contributed by atoms with van der Waals surface area (Å²) < 4.78 is 2.88. The molecule has 1 atom stereocenters. The Morgan fingerprint density at radius 1 is 1.33 bits per heavy atom. The number of likely N-dealkylation sites (N-methyl/N-ethyl adjacent to an activating group) is 1. The van der Waals surface area contributed by atoms with Gasteiger partial charge in [0.25, 0.3) is 0 Å². The monoisotopic (exact) mass is 357 g/mol. The van der Waals surface area contributed by atoms with Crippen molar-refractivity contribution in [2.75, 3.05) is 20.6 Å². The van der Waals surface area contributed by atoms with Gasteiger partial charge in [0.1, 0.15) is 0 Å². The van der Waals surface area contributed by atoms with Gasteiger partial charge < -0.3 is 10.0 Å². The molecule has 0 aliphatic heterocycles. The molecule has 1 heterocycles. The second-order valence-electron chi connectivity index (χ2n) is 6.51. The summed E-state index contributed by atoms with van der Waals surface area (Å²) in [5.74, 6) is 0.659. The summed E-state index contributed by atoms with van der Waals surface area (Å²) in [5, 5.41) is 15.1. The number of rotatable bonds is 6. The van der Waals surface area contributed by atoms with E-state index in [0.717, 1.165) is 29.7 Å². The molecule has 1 aliphatic rings. The van der Waals surface area contributed by atoms with Crippen LogP contribution in [-0.4, -0.2) is 40.4 Å². The summed E-state index contributed by atoms with van der Waals surface area (Å²) in [4.78, 5) is 2.14. The number of nitrogens with zero attached hydrogens (tertiary/aromatic N) is 3. The van der Waals surface area contributed by atoms with Crippen molar-refractivity contribution >= 4 is 15.9 Å². The number of halogens is 1. The number of hydrogen-bond acceptors (Lipinski definition) is 3. The number of aromatic nitrogens is 2. The van der Waals surface area contributed by atoms with Gasteiger partial charge in [-0.1, -0.05) is 38.5 Å². The molecule has 120 valence electrons. The van der Waals surface area contributed by atoms with Gasteiger partial charge in [-0.2, -0.15) is 5.10 Å². The van der Waals surface area contributed by atoms with Crippen LogP contribution in [0.2, 0.25) is 0 Å². The van der Waals surface area contributed by atoms with Crippen LogP contribution in [0.5, 0.6) is 0 Å². The van der Waals surface area contributed by atoms with Crippen molar-refractivity contribution < 1.29 is 5.11 Å². The van der Waals surface area contributed by atoms with Crippen LogP contribution < -0.4 is 0 Å². The smallest absolute Gasteiger partial charge is 0.0970 e. The Labute approximate surface area is 136 Å². The average Bonchev–Trinajstić information content (AvgIpc) is 2.63. The highest BCUT2D eigenvalue weighted by molar-refractivity contribution is 9.10. The third-order valence-corrected chi connectivity index (χ3v) is 5.05. The van der Waals surface area contributed by atoms with Crippen molar-refractivity contribution in [3.8, 4) is 0 Å². The van der Waals surface area contributed by atoms with Gasteiger partial charge in [-0.05, 0) is 42.4 Å². The van der Waals surface area contributed by atoms with Crippen LogP contribution in [0, 0.1) is 5.92 Å². The fourth-order valence-electron chi connectivity index (χ4n) is 3.20. The molecule has 0 aromatic carbocycles. The molecule has 0 spiro atoms. The zero-order valence-corrected chi connectivity index (χ0v) is 14.8. The molecule has 1 fully saturated rings. The molecule has 0 radical (unpaired) electrons. The zero-order chi connectivity index (χ0) is 15.2. The van der Waals surface area contributed by atoms with E-state index in [9.17, 15) is 5.11 Å². The molecule has 0 saturated heterocycles. The van der Waals surface area contributed by atoms with Gasteiger partial charge >= 0.3 is 0 Å². The van der Waals surface area contributed by atoms with E-state index >= 15 is 0 Å². The van der Waals surface area contributed by atoms with Crippen molar-refractivity contribution in [3.05, 3.63) is 16.4 Å². The fourth-order valence-corrected chi connectivity index (χ4v) is 3.76. The normalized spacial score (nSPS) is 18.9. The van der Waals surface area contributed by atoms with Gasteiger partial charge in [-0.3, -0.25) is 4.68 Å². The molecule has 0 amide bonds. The maximum absolute atomic E-state index is 10.7. The average molecular weight is 358 g/mol. The van der Waals surface area contributed by atoms with E-state index in [-0.39, 0.29) is 0 Å². The molecular formula is C16H28BrN3O. The minimum atomic E-state index is -0.410. The minimum absolute atomic E-state index is 0.410. The summed E-state index contributed by atoms with van der Waals surface area (Å²) in [6.45, 7) is 1.74. The molecule has 0 bridgehead atoms. The van der Waals surface area contributed by atoms with Crippen LogP contribution in [0.15, 0.2) is 10.7 Å². The van der Waals surface area contributed by atoms with E-state index in [1.54, 1.807) is 6.20 Å². The first kappa shape index (κ1) is 17.0. The van der Waals surface area contributed by atoms with Gasteiger partial charge in [-0.15, -0.1) is 0 Å². The molecule has 5 heteroatoms. The molecular weight excluding hydrogens is 330 g/mol. The first-order chi connectivity index (χ1) is 10.1. The van der Waals surface area contributed by atoms with Gasteiger partial charge in [0.05, 0.1) is 29.0 Å². The van der Waals surface area contributed by atoms with Gasteiger partial charge in [0.15, 0.2) is 0 Å². The minimum Gasteiger partial charge on any atom is -0.387 e. The predicted molar refractivity (Wildman–Crippen MR) is 89.2 cm³/mol. The van der Waals surface area contributed by atoms with Crippen molar-refractivity contribution in [2.45, 2.75) is 57.6 Å². The third-order valence-electron chi connectivity index (χ3n) is 4.44.